The molecule has 0 aliphatic heterocycles. The van der Waals surface area contributed by atoms with Gasteiger partial charge in [0.1, 0.15) is 0 Å². The number of nitrogens with zero attached hydrogens (tertiary/aromatic N) is 3. The van der Waals surface area contributed by atoms with E-state index in [0.29, 0.717) is 12.2 Å². The van der Waals surface area contributed by atoms with Crippen molar-refractivity contribution in [3.05, 3.63) is 65.2 Å². The lowest BCUT2D eigenvalue weighted by Gasteiger charge is -2.09. The standard InChI is InChI=1S/C23H27N3O5/c1-16-13-19(17(2)25(16)11-8-12-29-3)20(27)15-31-23(28)22-21(30-4)14-26(24-22)18-9-6-5-7-10-18/h5-7,9-10,13-14H,8,11-12,15H2,1-4H3. The smallest absolute Gasteiger partial charge is 0.363 e. The summed E-state index contributed by atoms with van der Waals surface area (Å²) in [4.78, 5) is 25.3. The lowest BCUT2D eigenvalue weighted by atomic mass is 10.1. The summed E-state index contributed by atoms with van der Waals surface area (Å²) in [6.45, 7) is 4.87. The number of carbonyl (C=O) groups excluding carboxylic acids is 2. The van der Waals surface area contributed by atoms with E-state index in [0.717, 1.165) is 30.0 Å². The highest BCUT2D eigenvalue weighted by molar-refractivity contribution is 6.00. The molecule has 3 rings (SSSR count). The van der Waals surface area contributed by atoms with Crippen molar-refractivity contribution in [1.82, 2.24) is 14.3 Å². The fourth-order valence-electron chi connectivity index (χ4n) is 3.43. The number of aryl methyl sites for hydroxylation is 1. The van der Waals surface area contributed by atoms with E-state index < -0.39 is 5.97 Å². The summed E-state index contributed by atoms with van der Waals surface area (Å²) in [5.74, 6) is -0.702. The Kier molecular flexibility index (Phi) is 7.25. The summed E-state index contributed by atoms with van der Waals surface area (Å²) < 4.78 is 19.2. The molecule has 0 amide bonds. The summed E-state index contributed by atoms with van der Waals surface area (Å²) in [5, 5.41) is 4.27. The minimum Gasteiger partial charge on any atom is -0.493 e. The molecule has 3 aromatic rings. The predicted octanol–water partition coefficient (Wildman–Crippen LogP) is 3.38. The Morgan fingerprint density at radius 1 is 1.10 bits per heavy atom. The lowest BCUT2D eigenvalue weighted by molar-refractivity contribution is 0.0465. The topological polar surface area (TPSA) is 84.6 Å². The van der Waals surface area contributed by atoms with E-state index in [1.54, 1.807) is 13.3 Å². The van der Waals surface area contributed by atoms with Crippen molar-refractivity contribution < 1.29 is 23.8 Å². The number of rotatable bonds is 10. The highest BCUT2D eigenvalue weighted by Gasteiger charge is 2.22. The normalized spacial score (nSPS) is 10.8. The van der Waals surface area contributed by atoms with Crippen molar-refractivity contribution in [2.45, 2.75) is 26.8 Å². The molecule has 0 radical (unpaired) electrons. The van der Waals surface area contributed by atoms with E-state index in [1.807, 2.05) is 50.2 Å². The maximum atomic E-state index is 12.7. The molecule has 0 aliphatic rings. The van der Waals surface area contributed by atoms with E-state index in [2.05, 4.69) is 9.67 Å². The summed E-state index contributed by atoms with van der Waals surface area (Å²) in [5.41, 5.74) is 3.16. The Bertz CT molecular complexity index is 1050. The van der Waals surface area contributed by atoms with Gasteiger partial charge in [0.15, 0.2) is 12.4 Å². The van der Waals surface area contributed by atoms with Gasteiger partial charge in [-0.05, 0) is 38.5 Å². The van der Waals surface area contributed by atoms with Gasteiger partial charge in [0.25, 0.3) is 0 Å². The van der Waals surface area contributed by atoms with E-state index in [1.165, 1.54) is 11.8 Å². The van der Waals surface area contributed by atoms with Gasteiger partial charge in [-0.1, -0.05) is 18.2 Å². The number of aromatic nitrogens is 3. The second-order valence-corrected chi connectivity index (χ2v) is 7.11. The monoisotopic (exact) mass is 425 g/mol. The van der Waals surface area contributed by atoms with Gasteiger partial charge in [-0.25, -0.2) is 9.48 Å². The van der Waals surface area contributed by atoms with Crippen LogP contribution in [0, 0.1) is 13.8 Å². The third-order valence-electron chi connectivity index (χ3n) is 5.05. The summed E-state index contributed by atoms with van der Waals surface area (Å²) in [6, 6.07) is 11.2. The van der Waals surface area contributed by atoms with Crippen LogP contribution in [0.2, 0.25) is 0 Å². The maximum absolute atomic E-state index is 12.7. The number of hydrogen-bond acceptors (Lipinski definition) is 6. The highest BCUT2D eigenvalue weighted by atomic mass is 16.5. The quantitative estimate of drug-likeness (QED) is 0.281. The van der Waals surface area contributed by atoms with Gasteiger partial charge >= 0.3 is 5.97 Å². The number of esters is 1. The third-order valence-corrected chi connectivity index (χ3v) is 5.05. The Labute approximate surface area is 181 Å². The minimum atomic E-state index is -0.714. The first-order chi connectivity index (χ1) is 15.0. The molecule has 8 heteroatoms. The first kappa shape index (κ1) is 22.3. The van der Waals surface area contributed by atoms with Crippen molar-refractivity contribution in [3.8, 4) is 11.4 Å². The van der Waals surface area contributed by atoms with E-state index in [4.69, 9.17) is 14.2 Å². The average molecular weight is 425 g/mol. The van der Waals surface area contributed by atoms with Crippen molar-refractivity contribution in [3.63, 3.8) is 0 Å². The Hall–Kier alpha value is -3.39. The third kappa shape index (κ3) is 5.03. The molecule has 0 spiro atoms. The van der Waals surface area contributed by atoms with Crippen LogP contribution >= 0.6 is 0 Å². The van der Waals surface area contributed by atoms with Gasteiger partial charge in [-0.2, -0.15) is 5.10 Å². The lowest BCUT2D eigenvalue weighted by Crippen LogP contribution is -2.16. The van der Waals surface area contributed by atoms with Gasteiger partial charge in [0.05, 0.1) is 19.0 Å². The molecule has 0 bridgehead atoms. The Morgan fingerprint density at radius 3 is 2.52 bits per heavy atom. The van der Waals surface area contributed by atoms with Crippen LogP contribution in [0.15, 0.2) is 42.6 Å². The van der Waals surface area contributed by atoms with Crippen LogP contribution in [-0.2, 0) is 16.0 Å². The molecular weight excluding hydrogens is 398 g/mol. The van der Waals surface area contributed by atoms with Gasteiger partial charge < -0.3 is 18.8 Å². The van der Waals surface area contributed by atoms with Crippen LogP contribution in [0.1, 0.15) is 38.7 Å². The number of benzene rings is 1. The highest BCUT2D eigenvalue weighted by Crippen LogP contribution is 2.21. The SMILES string of the molecule is COCCCn1c(C)cc(C(=O)COC(=O)c2nn(-c3ccccc3)cc2OC)c1C. The second kappa shape index (κ2) is 10.1. The van der Waals surface area contributed by atoms with Crippen molar-refractivity contribution in [2.24, 2.45) is 0 Å². The second-order valence-electron chi connectivity index (χ2n) is 7.11. The molecule has 8 nitrogen and oxygen atoms in total. The summed E-state index contributed by atoms with van der Waals surface area (Å²) in [7, 11) is 3.11. The number of ether oxygens (including phenoxy) is 3. The molecule has 2 aromatic heterocycles. The van der Waals surface area contributed by atoms with Gasteiger partial charge in [0, 0.05) is 37.2 Å². The molecule has 0 aliphatic carbocycles. The van der Waals surface area contributed by atoms with Crippen LogP contribution < -0.4 is 4.74 Å². The first-order valence-electron chi connectivity index (χ1n) is 10.0. The van der Waals surface area contributed by atoms with Gasteiger partial charge in [0.2, 0.25) is 11.5 Å². The van der Waals surface area contributed by atoms with Crippen LogP contribution in [0.4, 0.5) is 0 Å². The maximum Gasteiger partial charge on any atom is 0.363 e. The van der Waals surface area contributed by atoms with E-state index in [9.17, 15) is 9.59 Å². The van der Waals surface area contributed by atoms with Gasteiger partial charge in [-0.15, -0.1) is 0 Å². The molecular formula is C23H27N3O5. The molecule has 0 saturated heterocycles. The molecule has 1 aromatic carbocycles. The van der Waals surface area contributed by atoms with Gasteiger partial charge in [-0.3, -0.25) is 4.79 Å². The molecule has 0 N–H and O–H groups in total. The minimum absolute atomic E-state index is 0.0178. The largest absolute Gasteiger partial charge is 0.493 e. The number of Topliss-reactive ketones (excluding diaryl/α,β-unsaturated/α-hetero) is 1. The summed E-state index contributed by atoms with van der Waals surface area (Å²) >= 11 is 0. The van der Waals surface area contributed by atoms with Crippen molar-refractivity contribution >= 4 is 11.8 Å². The van der Waals surface area contributed by atoms with Crippen LogP contribution in [0.3, 0.4) is 0 Å². The molecule has 2 heterocycles. The zero-order valence-electron chi connectivity index (χ0n) is 18.3. The molecule has 0 saturated carbocycles. The molecule has 31 heavy (non-hydrogen) atoms. The first-order valence-corrected chi connectivity index (χ1v) is 10.0. The van der Waals surface area contributed by atoms with Crippen LogP contribution in [-0.4, -0.2) is 53.5 Å². The Morgan fingerprint density at radius 2 is 1.84 bits per heavy atom. The number of para-hydroxylation sites is 1. The molecule has 164 valence electrons. The average Bonchev–Trinajstić information content (AvgIpc) is 3.34. The van der Waals surface area contributed by atoms with E-state index in [-0.39, 0.29) is 23.8 Å². The Balaban J connectivity index is 1.69. The van der Waals surface area contributed by atoms with Crippen LogP contribution in [0.25, 0.3) is 5.69 Å². The van der Waals surface area contributed by atoms with Crippen molar-refractivity contribution in [1.29, 1.82) is 0 Å². The predicted molar refractivity (Wildman–Crippen MR) is 115 cm³/mol. The number of carbonyl (C=O) groups is 2. The number of methoxy groups -OCH3 is 2. The number of ketones is 1. The molecule has 0 fully saturated rings. The van der Waals surface area contributed by atoms with E-state index >= 15 is 0 Å². The fraction of sp³-hybridized carbons (Fsp3) is 0.348. The zero-order chi connectivity index (χ0) is 22.4. The molecule has 0 atom stereocenters. The molecule has 0 unspecified atom stereocenters. The zero-order valence-corrected chi connectivity index (χ0v) is 18.3. The van der Waals surface area contributed by atoms with Crippen molar-refractivity contribution in [2.75, 3.05) is 27.4 Å². The summed E-state index contributed by atoms with van der Waals surface area (Å²) in [6.07, 6.45) is 2.45. The van der Waals surface area contributed by atoms with Crippen LogP contribution in [0.5, 0.6) is 5.75 Å². The number of hydrogen-bond donors (Lipinski definition) is 0. The fourth-order valence-corrected chi connectivity index (χ4v) is 3.43.